The second-order valence-electron chi connectivity index (χ2n) is 6.10. The number of rotatable bonds is 9. The molecule has 0 aromatic heterocycles. The van der Waals surface area contributed by atoms with Crippen LogP contribution in [0.1, 0.15) is 65.7 Å². The van der Waals surface area contributed by atoms with Gasteiger partial charge in [0.15, 0.2) is 5.92 Å². The van der Waals surface area contributed by atoms with Gasteiger partial charge in [0.2, 0.25) is 0 Å². The lowest BCUT2D eigenvalue weighted by Crippen LogP contribution is -2.23. The van der Waals surface area contributed by atoms with Crippen molar-refractivity contribution in [3.8, 4) is 0 Å². The highest BCUT2D eigenvalue weighted by molar-refractivity contribution is 5.92. The van der Waals surface area contributed by atoms with Gasteiger partial charge in [0.05, 0.1) is 0 Å². The molecule has 0 aromatic carbocycles. The number of carboxylic acid groups (broad SMARTS) is 2. The molecule has 0 aliphatic rings. The van der Waals surface area contributed by atoms with Crippen LogP contribution in [-0.4, -0.2) is 22.2 Å². The van der Waals surface area contributed by atoms with Gasteiger partial charge in [0, 0.05) is 0 Å². The van der Waals surface area contributed by atoms with Crippen molar-refractivity contribution in [2.45, 2.75) is 65.7 Å². The summed E-state index contributed by atoms with van der Waals surface area (Å²) in [5.74, 6) is -3.69. The zero-order valence-corrected chi connectivity index (χ0v) is 11.7. The number of carboxylic acids is 2. The summed E-state index contributed by atoms with van der Waals surface area (Å²) < 4.78 is 0. The van der Waals surface area contributed by atoms with Crippen LogP contribution in [0.5, 0.6) is 0 Å². The van der Waals surface area contributed by atoms with Crippen LogP contribution in [0.15, 0.2) is 0 Å². The molecule has 0 radical (unpaired) electrons. The first-order valence-electron chi connectivity index (χ1n) is 6.69. The molecule has 2 N–H and O–H groups in total. The van der Waals surface area contributed by atoms with E-state index in [1.165, 1.54) is 12.8 Å². The largest absolute Gasteiger partial charge is 0.481 e. The van der Waals surface area contributed by atoms with E-state index in [1.54, 1.807) is 0 Å². The van der Waals surface area contributed by atoms with Gasteiger partial charge >= 0.3 is 11.9 Å². The normalized spacial score (nSPS) is 11.8. The predicted molar refractivity (Wildman–Crippen MR) is 70.5 cm³/mol. The van der Waals surface area contributed by atoms with Crippen LogP contribution in [0.25, 0.3) is 0 Å². The molecule has 0 atom stereocenters. The molecule has 0 saturated carbocycles. The van der Waals surface area contributed by atoms with Crippen molar-refractivity contribution >= 4 is 11.9 Å². The molecule has 0 spiro atoms. The summed E-state index contributed by atoms with van der Waals surface area (Å²) in [6.07, 6.45) is 6.42. The molecule has 0 bridgehead atoms. The highest BCUT2D eigenvalue weighted by Crippen LogP contribution is 2.22. The zero-order valence-electron chi connectivity index (χ0n) is 11.7. The Kier molecular flexibility index (Phi) is 7.64. The van der Waals surface area contributed by atoms with Crippen molar-refractivity contribution in [1.29, 1.82) is 0 Å². The highest BCUT2D eigenvalue weighted by Gasteiger charge is 2.24. The Bertz CT molecular complexity index is 251. The second-order valence-corrected chi connectivity index (χ2v) is 6.10. The Hall–Kier alpha value is -1.06. The molecule has 0 aliphatic heterocycles. The lowest BCUT2D eigenvalue weighted by Gasteiger charge is -2.17. The van der Waals surface area contributed by atoms with Crippen LogP contribution < -0.4 is 0 Å². The molecule has 0 unspecified atom stereocenters. The molecule has 4 nitrogen and oxygen atoms in total. The molecular weight excluding hydrogens is 232 g/mol. The molecule has 0 aromatic rings. The Morgan fingerprint density at radius 1 is 0.889 bits per heavy atom. The quantitative estimate of drug-likeness (QED) is 0.490. The number of hydrogen-bond donors (Lipinski definition) is 2. The monoisotopic (exact) mass is 258 g/mol. The lowest BCUT2D eigenvalue weighted by atomic mass is 9.89. The van der Waals surface area contributed by atoms with E-state index >= 15 is 0 Å². The third-order valence-electron chi connectivity index (χ3n) is 3.02. The third kappa shape index (κ3) is 9.02. The smallest absolute Gasteiger partial charge is 0.317 e. The summed E-state index contributed by atoms with van der Waals surface area (Å²) in [6.45, 7) is 6.66. The zero-order chi connectivity index (χ0) is 14.2. The molecule has 0 aliphatic carbocycles. The van der Waals surface area contributed by atoms with E-state index in [2.05, 4.69) is 20.8 Å². The van der Waals surface area contributed by atoms with E-state index in [9.17, 15) is 9.59 Å². The topological polar surface area (TPSA) is 74.6 Å². The van der Waals surface area contributed by atoms with Crippen molar-refractivity contribution in [2.24, 2.45) is 11.3 Å². The van der Waals surface area contributed by atoms with Gasteiger partial charge in [-0.25, -0.2) is 0 Å². The predicted octanol–water partition coefficient (Wildman–Crippen LogP) is 3.55. The minimum atomic E-state index is -1.24. The van der Waals surface area contributed by atoms with E-state index in [1.807, 2.05) is 0 Å². The Morgan fingerprint density at radius 3 is 1.78 bits per heavy atom. The number of hydrogen-bond acceptors (Lipinski definition) is 2. The summed E-state index contributed by atoms with van der Waals surface area (Å²) in [5, 5.41) is 17.4. The summed E-state index contributed by atoms with van der Waals surface area (Å²) in [6, 6.07) is 0. The van der Waals surface area contributed by atoms with Gasteiger partial charge in [-0.15, -0.1) is 0 Å². The number of aliphatic carboxylic acids is 2. The average molecular weight is 258 g/mol. The van der Waals surface area contributed by atoms with Gasteiger partial charge in [-0.2, -0.15) is 0 Å². The molecule has 106 valence electrons. The summed E-state index contributed by atoms with van der Waals surface area (Å²) >= 11 is 0. The first kappa shape index (κ1) is 16.9. The van der Waals surface area contributed by atoms with Crippen molar-refractivity contribution in [1.82, 2.24) is 0 Å². The van der Waals surface area contributed by atoms with Crippen molar-refractivity contribution in [2.75, 3.05) is 0 Å². The number of carbonyl (C=O) groups is 2. The van der Waals surface area contributed by atoms with E-state index < -0.39 is 17.9 Å². The van der Waals surface area contributed by atoms with E-state index in [4.69, 9.17) is 10.2 Å². The van der Waals surface area contributed by atoms with Crippen LogP contribution in [0.4, 0.5) is 0 Å². The molecule has 0 fully saturated rings. The van der Waals surface area contributed by atoms with Crippen molar-refractivity contribution < 1.29 is 19.8 Å². The molecule has 0 rings (SSSR count). The minimum Gasteiger partial charge on any atom is -0.481 e. The van der Waals surface area contributed by atoms with Gasteiger partial charge in [-0.3, -0.25) is 9.59 Å². The molecule has 0 amide bonds. The molecule has 0 saturated heterocycles. The van der Waals surface area contributed by atoms with E-state index in [0.717, 1.165) is 19.3 Å². The van der Waals surface area contributed by atoms with Crippen LogP contribution in [-0.2, 0) is 9.59 Å². The van der Waals surface area contributed by atoms with Crippen molar-refractivity contribution in [3.05, 3.63) is 0 Å². The maximum absolute atomic E-state index is 10.6. The maximum Gasteiger partial charge on any atom is 0.317 e. The summed E-state index contributed by atoms with van der Waals surface area (Å²) in [7, 11) is 0. The van der Waals surface area contributed by atoms with Crippen LogP contribution >= 0.6 is 0 Å². The summed E-state index contributed by atoms with van der Waals surface area (Å²) in [5.41, 5.74) is 0.373. The first-order chi connectivity index (χ1) is 8.24. The Morgan fingerprint density at radius 2 is 1.33 bits per heavy atom. The lowest BCUT2D eigenvalue weighted by molar-refractivity contribution is -0.154. The van der Waals surface area contributed by atoms with Gasteiger partial charge in [-0.05, 0) is 18.3 Å². The van der Waals surface area contributed by atoms with Crippen LogP contribution in [0.2, 0.25) is 0 Å². The minimum absolute atomic E-state index is 0.240. The van der Waals surface area contributed by atoms with Gasteiger partial charge in [0.1, 0.15) is 0 Å². The van der Waals surface area contributed by atoms with Crippen LogP contribution in [0.3, 0.4) is 0 Å². The third-order valence-corrected chi connectivity index (χ3v) is 3.02. The molecule has 0 heterocycles. The van der Waals surface area contributed by atoms with Gasteiger partial charge in [0.25, 0.3) is 0 Å². The second kappa shape index (κ2) is 8.11. The average Bonchev–Trinajstić information content (AvgIpc) is 2.19. The maximum atomic E-state index is 10.6. The molecule has 4 heteroatoms. The van der Waals surface area contributed by atoms with Gasteiger partial charge < -0.3 is 10.2 Å². The fraction of sp³-hybridized carbons (Fsp3) is 0.857. The fourth-order valence-electron chi connectivity index (χ4n) is 1.89. The van der Waals surface area contributed by atoms with Crippen LogP contribution in [0, 0.1) is 11.3 Å². The SMILES string of the molecule is CC(C)(C)CCCCCCCC(C(=O)O)C(=O)O. The Balaban J connectivity index is 3.56. The fourth-order valence-corrected chi connectivity index (χ4v) is 1.89. The Labute approximate surface area is 109 Å². The van der Waals surface area contributed by atoms with E-state index in [0.29, 0.717) is 11.8 Å². The summed E-state index contributed by atoms with van der Waals surface area (Å²) in [4.78, 5) is 21.3. The molecular formula is C14H26O4. The number of unbranched alkanes of at least 4 members (excludes halogenated alkanes) is 4. The highest BCUT2D eigenvalue weighted by atomic mass is 16.4. The van der Waals surface area contributed by atoms with Gasteiger partial charge in [-0.1, -0.05) is 52.9 Å². The molecule has 18 heavy (non-hydrogen) atoms. The van der Waals surface area contributed by atoms with Crippen molar-refractivity contribution in [3.63, 3.8) is 0 Å². The standard InChI is InChI=1S/C14H26O4/c1-14(2,3)10-8-6-4-5-7-9-11(12(15)16)13(17)18/h11H,4-10H2,1-3H3,(H,15,16)(H,17,18). The van der Waals surface area contributed by atoms with E-state index in [-0.39, 0.29) is 6.42 Å². The first-order valence-corrected chi connectivity index (χ1v) is 6.69.